The van der Waals surface area contributed by atoms with E-state index in [9.17, 15) is 79.2 Å². The Bertz CT molecular complexity index is 4130. The summed E-state index contributed by atoms with van der Waals surface area (Å²) in [6.45, 7) is 7.09. The van der Waals surface area contributed by atoms with Crippen molar-refractivity contribution in [2.24, 2.45) is 0 Å². The number of hydroxylamine groups is 2. The summed E-state index contributed by atoms with van der Waals surface area (Å²) in [5.74, 6) is -3.05. The van der Waals surface area contributed by atoms with E-state index in [1.54, 1.807) is 61.7 Å². The molecule has 0 radical (unpaired) electrons. The Morgan fingerprint density at radius 3 is 1.64 bits per heavy atom. The van der Waals surface area contributed by atoms with E-state index in [1.807, 2.05) is 0 Å². The van der Waals surface area contributed by atoms with E-state index in [0.717, 1.165) is 12.1 Å². The number of carbonyl (C=O) groups excluding carboxylic acids is 3. The van der Waals surface area contributed by atoms with Crippen molar-refractivity contribution in [1.29, 1.82) is 0 Å². The Kier molecular flexibility index (Phi) is 23.3. The van der Waals surface area contributed by atoms with Crippen LogP contribution in [0, 0.1) is 0 Å². The van der Waals surface area contributed by atoms with Crippen molar-refractivity contribution in [2.45, 2.75) is 96.1 Å². The van der Waals surface area contributed by atoms with Gasteiger partial charge in [0, 0.05) is 91.9 Å². The van der Waals surface area contributed by atoms with Crippen LogP contribution in [0.2, 0.25) is 0 Å². The van der Waals surface area contributed by atoms with Crippen molar-refractivity contribution in [2.75, 3.05) is 104 Å². The molecule has 0 saturated carbocycles. The van der Waals surface area contributed by atoms with Gasteiger partial charge in [0.2, 0.25) is 5.69 Å². The number of allylic oxidation sites excluding steroid dienone is 6. The highest BCUT2D eigenvalue weighted by atomic mass is 32.2. The smallest absolute Gasteiger partial charge is 0.333 e. The average molecular weight is 1360 g/mol. The Balaban J connectivity index is 1.40. The molecule has 1 saturated heterocycles. The molecule has 3 heterocycles. The zero-order chi connectivity index (χ0) is 66.2. The summed E-state index contributed by atoms with van der Waals surface area (Å²) in [6, 6.07) is 9.07. The number of fused-ring (bicyclic) bond motifs is 6. The van der Waals surface area contributed by atoms with Crippen LogP contribution in [-0.2, 0) is 109 Å². The van der Waals surface area contributed by atoms with Gasteiger partial charge < -0.3 is 38.2 Å². The van der Waals surface area contributed by atoms with Crippen LogP contribution < -0.4 is 4.90 Å². The Morgan fingerprint density at radius 2 is 1.12 bits per heavy atom. The molecule has 2 atom stereocenters. The van der Waals surface area contributed by atoms with E-state index < -0.39 is 105 Å². The minimum Gasteiger partial charge on any atom is -0.382 e. The second kappa shape index (κ2) is 29.3. The average Bonchev–Trinajstić information content (AvgIpc) is 1.52. The number of hydrogen-bond acceptors (Lipinski definition) is 21. The third kappa shape index (κ3) is 17.0. The van der Waals surface area contributed by atoms with E-state index in [0.29, 0.717) is 64.3 Å². The zero-order valence-electron chi connectivity index (χ0n) is 49.9. The van der Waals surface area contributed by atoms with Crippen LogP contribution in [0.3, 0.4) is 0 Å². The Hall–Kier alpha value is -5.99. The fraction of sp³-hybridized carbons (Fsp3) is 0.474. The number of ether oxygens (including phenoxy) is 6. The van der Waals surface area contributed by atoms with E-state index in [2.05, 4.69) is 0 Å². The van der Waals surface area contributed by atoms with Crippen LogP contribution in [0.15, 0.2) is 104 Å². The molecular formula is C57H72N3O25S5+. The molecule has 5 N–H and O–H groups in total. The van der Waals surface area contributed by atoms with Crippen molar-refractivity contribution in [1.82, 2.24) is 5.06 Å². The van der Waals surface area contributed by atoms with Crippen LogP contribution in [0.25, 0.3) is 21.5 Å². The summed E-state index contributed by atoms with van der Waals surface area (Å²) >= 11 is 0. The number of amides is 2. The molecule has 0 aliphatic carbocycles. The first-order valence-electron chi connectivity index (χ1n) is 28.1. The fourth-order valence-corrected chi connectivity index (χ4v) is 14.5. The van der Waals surface area contributed by atoms with Crippen LogP contribution in [0.1, 0.15) is 76.8 Å². The largest absolute Gasteiger partial charge is 0.382 e. The van der Waals surface area contributed by atoms with E-state index in [1.165, 1.54) is 31.4 Å². The number of nitrogens with zero attached hydrogens (tertiary/aromatic N) is 3. The van der Waals surface area contributed by atoms with Gasteiger partial charge in [-0.1, -0.05) is 23.8 Å². The first-order chi connectivity index (χ1) is 42.2. The summed E-state index contributed by atoms with van der Waals surface area (Å²) in [5.41, 5.74) is -0.107. The summed E-state index contributed by atoms with van der Waals surface area (Å²) in [6.07, 6.45) is 5.84. The topological polar surface area (TPSA) is 397 Å². The molecule has 4 aromatic carbocycles. The van der Waals surface area contributed by atoms with Crippen LogP contribution >= 0.6 is 0 Å². The molecule has 0 bridgehead atoms. The van der Waals surface area contributed by atoms with Gasteiger partial charge in [0.1, 0.15) is 16.4 Å². The molecule has 0 aromatic heterocycles. The van der Waals surface area contributed by atoms with Gasteiger partial charge in [-0.05, 0) is 105 Å². The second-order valence-electron chi connectivity index (χ2n) is 21.7. The first-order valence-corrected chi connectivity index (χ1v) is 35.5. The Labute approximate surface area is 521 Å². The number of carbonyl (C=O) groups is 3. The van der Waals surface area contributed by atoms with E-state index in [4.69, 9.17) is 33.3 Å². The van der Waals surface area contributed by atoms with E-state index in [-0.39, 0.29) is 138 Å². The normalized spacial score (nSPS) is 19.0. The lowest BCUT2D eigenvalue weighted by atomic mass is 9.74. The summed E-state index contributed by atoms with van der Waals surface area (Å²) < 4.78 is 214. The number of anilines is 1. The molecule has 90 heavy (non-hydrogen) atoms. The molecule has 4 aromatic rings. The van der Waals surface area contributed by atoms with Gasteiger partial charge in [-0.25, -0.2) is 4.79 Å². The van der Waals surface area contributed by atoms with Crippen LogP contribution in [-0.4, -0.2) is 197 Å². The number of imide groups is 1. The molecular weight excluding hydrogens is 1290 g/mol. The summed E-state index contributed by atoms with van der Waals surface area (Å²) in [4.78, 5) is 41.4. The maximum absolute atomic E-state index is 13.3. The van der Waals surface area contributed by atoms with Gasteiger partial charge in [0.05, 0.1) is 73.8 Å². The molecule has 3 aliphatic heterocycles. The minimum atomic E-state index is -5.19. The maximum atomic E-state index is 13.3. The molecule has 3 aliphatic rings. The highest BCUT2D eigenvalue weighted by Crippen LogP contribution is 2.54. The number of rotatable bonds is 34. The summed E-state index contributed by atoms with van der Waals surface area (Å²) in [5, 5.41) is 0.0529. The third-order valence-corrected chi connectivity index (χ3v) is 19.8. The van der Waals surface area contributed by atoms with Gasteiger partial charge in [-0.15, -0.1) is 5.06 Å². The number of methoxy groups -OCH3 is 2. The number of hydrogen-bond donors (Lipinski definition) is 5. The van der Waals surface area contributed by atoms with Crippen LogP contribution in [0.4, 0.5) is 11.4 Å². The van der Waals surface area contributed by atoms with E-state index >= 15 is 0 Å². The molecule has 7 rings (SSSR count). The molecule has 2 unspecified atom stereocenters. The third-order valence-electron chi connectivity index (χ3n) is 15.5. The quantitative estimate of drug-likeness (QED) is 0.0130. The fourth-order valence-electron chi connectivity index (χ4n) is 11.3. The first kappa shape index (κ1) is 71.5. The van der Waals surface area contributed by atoms with Gasteiger partial charge in [0.25, 0.3) is 62.4 Å². The van der Waals surface area contributed by atoms with Crippen molar-refractivity contribution in [3.63, 3.8) is 0 Å². The van der Waals surface area contributed by atoms with Crippen molar-refractivity contribution >= 4 is 107 Å². The predicted octanol–water partition coefficient (Wildman–Crippen LogP) is 5.31. The van der Waals surface area contributed by atoms with Gasteiger partial charge in [-0.3, -0.25) is 32.4 Å². The van der Waals surface area contributed by atoms with Crippen molar-refractivity contribution < 1.29 is 117 Å². The van der Waals surface area contributed by atoms with Crippen molar-refractivity contribution in [3.05, 3.63) is 95.2 Å². The molecule has 494 valence electrons. The van der Waals surface area contributed by atoms with Gasteiger partial charge >= 0.3 is 5.97 Å². The maximum Gasteiger partial charge on any atom is 0.333 e. The highest BCUT2D eigenvalue weighted by molar-refractivity contribution is 7.87. The molecule has 0 spiro atoms. The Morgan fingerprint density at radius 1 is 0.611 bits per heavy atom. The SMILES string of the molecule is COCCOCCOCCOCCC1(C)\C(=C/C=C(C)/C=C/C2=[N+](CCOCCOC)c3ccc4c(S(=O)(=O)O)cc(S(=O)(=O)O)cc4c3C2(C)CCCS(=O)(=O)O)N(CCCC(=O)ON2C(=O)CCC2=O)c2ccc3c(S(=O)(=O)O)cc(S(=O)(=O)O)cc3c21. The monoisotopic (exact) mass is 1360 g/mol. The predicted molar refractivity (Wildman–Crippen MR) is 324 cm³/mol. The minimum absolute atomic E-state index is 0.0148. The van der Waals surface area contributed by atoms with Gasteiger partial charge in [-0.2, -0.15) is 46.7 Å². The zero-order valence-corrected chi connectivity index (χ0v) is 53.9. The highest BCUT2D eigenvalue weighted by Gasteiger charge is 2.50. The molecule has 2 amide bonds. The molecule has 33 heteroatoms. The lowest BCUT2D eigenvalue weighted by Gasteiger charge is -2.31. The van der Waals surface area contributed by atoms with Crippen molar-refractivity contribution in [3.8, 4) is 0 Å². The molecule has 1 fully saturated rings. The van der Waals surface area contributed by atoms with Gasteiger partial charge in [0.15, 0.2) is 12.3 Å². The lowest BCUT2D eigenvalue weighted by Crippen LogP contribution is -2.33. The standard InChI is InChI=1S/C57H71N3O25S5/c1-38(9-15-49-56(2,19-7-33-86(64,65)66)54-43-34-39(87(67,68)69)36-47(89(73,74)75)41(43)12-14-46(54)59(49)22-24-82-27-25-79-4)10-16-50-57(3,20-23-81-29-30-84-32-31-83-28-26-80-5)55-44-35-40(88(70,71)72)37-48(90(76,77)78)42(44)11-13-45(55)58(50)21-6-8-53(63)85-60-51(61)17-18-52(60)62/h9-16,34-37H,6-8,17-33H2,1-5H3,(H4-,64,65,66,67,68,69,70,71,72,73,74,75,76,77,78)/p+1. The molecule has 28 nitrogen and oxygen atoms in total. The second-order valence-corrected chi connectivity index (χ2v) is 28.9. The lowest BCUT2D eigenvalue weighted by molar-refractivity contribution is -0.442. The summed E-state index contributed by atoms with van der Waals surface area (Å²) in [7, 11) is -22.2. The number of benzene rings is 4. The van der Waals surface area contributed by atoms with Crippen LogP contribution in [0.5, 0.6) is 0 Å².